The van der Waals surface area contributed by atoms with E-state index in [2.05, 4.69) is 25.6 Å². The predicted octanol–water partition coefficient (Wildman–Crippen LogP) is 2.02. The maximum atomic E-state index is 11.8. The van der Waals surface area contributed by atoms with E-state index in [-0.39, 0.29) is 18.0 Å². The minimum atomic E-state index is 0.0448. The number of hydrogen-bond acceptors (Lipinski definition) is 6. The molecule has 3 rings (SSSR count). The molecule has 25 heavy (non-hydrogen) atoms. The van der Waals surface area contributed by atoms with Crippen molar-refractivity contribution < 1.29 is 9.53 Å². The van der Waals surface area contributed by atoms with Crippen LogP contribution in [0.3, 0.4) is 0 Å². The van der Waals surface area contributed by atoms with Crippen LogP contribution in [-0.2, 0) is 9.53 Å². The average Bonchev–Trinajstić information content (AvgIpc) is 3.07. The molecule has 0 spiro atoms. The third-order valence-electron chi connectivity index (χ3n) is 4.30. The highest BCUT2D eigenvalue weighted by molar-refractivity contribution is 5.76. The second-order valence-electron chi connectivity index (χ2n) is 6.16. The fraction of sp³-hybridized carbons (Fsp3) is 0.444. The van der Waals surface area contributed by atoms with E-state index >= 15 is 0 Å². The molecule has 2 heterocycles. The first-order valence-corrected chi connectivity index (χ1v) is 8.53. The first kappa shape index (κ1) is 17.3. The second-order valence-corrected chi connectivity index (χ2v) is 6.16. The summed E-state index contributed by atoms with van der Waals surface area (Å²) < 4.78 is 4.93. The van der Waals surface area contributed by atoms with E-state index in [1.54, 1.807) is 25.7 Å². The number of aromatic nitrogens is 3. The van der Waals surface area contributed by atoms with Crippen molar-refractivity contribution in [2.45, 2.75) is 37.8 Å². The van der Waals surface area contributed by atoms with E-state index in [9.17, 15) is 4.79 Å². The Kier molecular flexibility index (Phi) is 5.90. The van der Waals surface area contributed by atoms with Crippen molar-refractivity contribution in [3.63, 3.8) is 0 Å². The number of nitrogens with one attached hydrogen (secondary N) is 2. The lowest BCUT2D eigenvalue weighted by Crippen LogP contribution is -2.34. The third-order valence-corrected chi connectivity index (χ3v) is 4.30. The molecule has 1 aliphatic rings. The van der Waals surface area contributed by atoms with Crippen LogP contribution >= 0.6 is 0 Å². The molecule has 0 bridgehead atoms. The maximum absolute atomic E-state index is 11.8. The Labute approximate surface area is 147 Å². The molecular weight excluding hydrogens is 318 g/mol. The average molecular weight is 341 g/mol. The van der Waals surface area contributed by atoms with Crippen molar-refractivity contribution in [2.75, 3.05) is 19.0 Å². The van der Waals surface area contributed by atoms with Gasteiger partial charge in [-0.15, -0.1) is 0 Å². The van der Waals surface area contributed by atoms with Crippen molar-refractivity contribution >= 4 is 11.9 Å². The molecule has 2 aromatic rings. The molecule has 0 unspecified atom stereocenters. The van der Waals surface area contributed by atoms with Crippen LogP contribution in [0.4, 0.5) is 5.95 Å². The van der Waals surface area contributed by atoms with Gasteiger partial charge in [-0.1, -0.05) is 0 Å². The lowest BCUT2D eigenvalue weighted by molar-refractivity contribution is -0.122. The van der Waals surface area contributed by atoms with Crippen molar-refractivity contribution in [3.8, 4) is 11.3 Å². The molecule has 7 nitrogen and oxygen atoms in total. The highest BCUT2D eigenvalue weighted by Gasteiger charge is 2.26. The number of anilines is 1. The van der Waals surface area contributed by atoms with Crippen molar-refractivity contribution in [1.82, 2.24) is 20.3 Å². The lowest BCUT2D eigenvalue weighted by atomic mass is 10.2. The summed E-state index contributed by atoms with van der Waals surface area (Å²) in [4.78, 5) is 24.7. The number of nitrogens with zero attached hydrogens (tertiary/aromatic N) is 3. The summed E-state index contributed by atoms with van der Waals surface area (Å²) in [6.45, 7) is 0.454. The minimum Gasteiger partial charge on any atom is -0.384 e. The molecular formula is C18H23N5O2. The number of pyridine rings is 1. The van der Waals surface area contributed by atoms with Gasteiger partial charge in [0.25, 0.3) is 0 Å². The van der Waals surface area contributed by atoms with Gasteiger partial charge in [0, 0.05) is 49.8 Å². The van der Waals surface area contributed by atoms with Crippen LogP contribution in [0.1, 0.15) is 25.7 Å². The zero-order valence-electron chi connectivity index (χ0n) is 14.3. The lowest BCUT2D eigenvalue weighted by Gasteiger charge is -2.15. The Bertz CT molecular complexity index is 695. The van der Waals surface area contributed by atoms with Gasteiger partial charge in [-0.2, -0.15) is 0 Å². The molecule has 1 aliphatic carbocycles. The first-order valence-electron chi connectivity index (χ1n) is 8.53. The highest BCUT2D eigenvalue weighted by atomic mass is 16.5. The Balaban J connectivity index is 1.54. The molecule has 1 fully saturated rings. The van der Waals surface area contributed by atoms with Gasteiger partial charge in [0.15, 0.2) is 0 Å². The zero-order valence-corrected chi connectivity index (χ0v) is 14.3. The number of carbonyl (C=O) groups excluding carboxylic acids is 1. The Hall–Kier alpha value is -2.54. The largest absolute Gasteiger partial charge is 0.384 e. The number of rotatable bonds is 7. The van der Waals surface area contributed by atoms with Gasteiger partial charge in [0.2, 0.25) is 11.9 Å². The van der Waals surface area contributed by atoms with E-state index in [0.717, 1.165) is 30.5 Å². The van der Waals surface area contributed by atoms with E-state index in [1.807, 2.05) is 18.2 Å². The fourth-order valence-corrected chi connectivity index (χ4v) is 3.03. The molecule has 7 heteroatoms. The van der Waals surface area contributed by atoms with E-state index in [0.29, 0.717) is 19.0 Å². The molecule has 2 N–H and O–H groups in total. The van der Waals surface area contributed by atoms with E-state index < -0.39 is 0 Å². The van der Waals surface area contributed by atoms with Crippen molar-refractivity contribution in [2.24, 2.45) is 0 Å². The molecule has 0 aromatic carbocycles. The SMILES string of the molecule is COCCC(=O)N[C@H]1CC[C@H](Nc2nccc(-c3ccncc3)n2)C1. The van der Waals surface area contributed by atoms with Gasteiger partial charge in [-0.3, -0.25) is 9.78 Å². The van der Waals surface area contributed by atoms with E-state index in [1.165, 1.54) is 0 Å². The van der Waals surface area contributed by atoms with Gasteiger partial charge in [-0.05, 0) is 37.5 Å². The number of hydrogen-bond donors (Lipinski definition) is 2. The zero-order chi connectivity index (χ0) is 17.5. The van der Waals surface area contributed by atoms with Crippen molar-refractivity contribution in [3.05, 3.63) is 36.8 Å². The number of amides is 1. The number of carbonyl (C=O) groups is 1. The Morgan fingerprint density at radius 1 is 1.20 bits per heavy atom. The summed E-state index contributed by atoms with van der Waals surface area (Å²) in [6, 6.07) is 6.19. The normalized spacial score (nSPS) is 19.6. The smallest absolute Gasteiger partial charge is 0.223 e. The molecule has 2 aromatic heterocycles. The van der Waals surface area contributed by atoms with Crippen LogP contribution in [0.5, 0.6) is 0 Å². The Morgan fingerprint density at radius 2 is 2.00 bits per heavy atom. The van der Waals surface area contributed by atoms with Gasteiger partial charge in [-0.25, -0.2) is 9.97 Å². The molecule has 0 aliphatic heterocycles. The standard InChI is InChI=1S/C18H23N5O2/c1-25-11-7-17(24)21-14-2-3-15(12-14)22-18-20-10-6-16(23-18)13-4-8-19-9-5-13/h4-6,8-10,14-15H,2-3,7,11-12H2,1H3,(H,21,24)(H,20,22,23)/t14-,15-/m0/s1. The summed E-state index contributed by atoms with van der Waals surface area (Å²) in [5, 5.41) is 6.44. The van der Waals surface area contributed by atoms with Crippen LogP contribution in [-0.4, -0.2) is 46.7 Å². The Morgan fingerprint density at radius 3 is 2.80 bits per heavy atom. The molecule has 0 saturated heterocycles. The molecule has 132 valence electrons. The summed E-state index contributed by atoms with van der Waals surface area (Å²) in [6.07, 6.45) is 8.48. The quantitative estimate of drug-likeness (QED) is 0.801. The van der Waals surface area contributed by atoms with E-state index in [4.69, 9.17) is 4.74 Å². The van der Waals surface area contributed by atoms with Gasteiger partial charge < -0.3 is 15.4 Å². The summed E-state index contributed by atoms with van der Waals surface area (Å²) in [5.41, 5.74) is 1.87. The molecule has 2 atom stereocenters. The third kappa shape index (κ3) is 4.96. The van der Waals surface area contributed by atoms with Crippen LogP contribution in [0.2, 0.25) is 0 Å². The summed E-state index contributed by atoms with van der Waals surface area (Å²) >= 11 is 0. The van der Waals surface area contributed by atoms with Gasteiger partial charge in [0.05, 0.1) is 12.3 Å². The van der Waals surface area contributed by atoms with Crippen LogP contribution < -0.4 is 10.6 Å². The molecule has 1 amide bonds. The molecule has 1 saturated carbocycles. The van der Waals surface area contributed by atoms with Crippen LogP contribution in [0.25, 0.3) is 11.3 Å². The second kappa shape index (κ2) is 8.53. The minimum absolute atomic E-state index is 0.0448. The van der Waals surface area contributed by atoms with Crippen LogP contribution in [0, 0.1) is 0 Å². The highest BCUT2D eigenvalue weighted by Crippen LogP contribution is 2.23. The van der Waals surface area contributed by atoms with Crippen molar-refractivity contribution in [1.29, 1.82) is 0 Å². The van der Waals surface area contributed by atoms with Crippen LogP contribution in [0.15, 0.2) is 36.8 Å². The monoisotopic (exact) mass is 341 g/mol. The molecule has 0 radical (unpaired) electrons. The first-order chi connectivity index (χ1) is 12.2. The summed E-state index contributed by atoms with van der Waals surface area (Å²) in [5.74, 6) is 0.661. The maximum Gasteiger partial charge on any atom is 0.223 e. The summed E-state index contributed by atoms with van der Waals surface area (Å²) in [7, 11) is 1.60. The topological polar surface area (TPSA) is 89.0 Å². The number of ether oxygens (including phenoxy) is 1. The fourth-order valence-electron chi connectivity index (χ4n) is 3.03. The van der Waals surface area contributed by atoms with Gasteiger partial charge in [0.1, 0.15) is 0 Å². The van der Waals surface area contributed by atoms with Gasteiger partial charge >= 0.3 is 0 Å². The number of methoxy groups -OCH3 is 1. The predicted molar refractivity (Wildman–Crippen MR) is 94.9 cm³/mol.